The van der Waals surface area contributed by atoms with Crippen molar-refractivity contribution < 1.29 is 8.42 Å². The second-order valence-corrected chi connectivity index (χ2v) is 8.60. The van der Waals surface area contributed by atoms with Crippen molar-refractivity contribution in [3.8, 4) is 0 Å². The van der Waals surface area contributed by atoms with Gasteiger partial charge in [-0.25, -0.2) is 12.7 Å². The molecule has 0 amide bonds. The maximum absolute atomic E-state index is 12.4. The molecule has 0 saturated carbocycles. The molecule has 118 valence electrons. The molecule has 0 fully saturated rings. The highest BCUT2D eigenvalue weighted by Crippen LogP contribution is 2.45. The van der Waals surface area contributed by atoms with E-state index < -0.39 is 10.0 Å². The molecule has 0 spiro atoms. The van der Waals surface area contributed by atoms with E-state index in [-0.39, 0.29) is 0 Å². The van der Waals surface area contributed by atoms with Crippen molar-refractivity contribution in [2.24, 2.45) is 0 Å². The molecule has 1 aliphatic heterocycles. The van der Waals surface area contributed by atoms with Crippen molar-refractivity contribution in [2.75, 3.05) is 14.1 Å². The van der Waals surface area contributed by atoms with Gasteiger partial charge in [0.05, 0.1) is 4.90 Å². The summed E-state index contributed by atoms with van der Waals surface area (Å²) in [6.07, 6.45) is 3.67. The van der Waals surface area contributed by atoms with E-state index in [0.717, 1.165) is 26.5 Å². The summed E-state index contributed by atoms with van der Waals surface area (Å²) in [4.78, 5) is 2.52. The van der Waals surface area contributed by atoms with E-state index in [1.165, 1.54) is 4.31 Å². The molecule has 0 radical (unpaired) electrons. The normalized spacial score (nSPS) is 15.3. The lowest BCUT2D eigenvalue weighted by atomic mass is 9.97. The molecule has 0 aliphatic carbocycles. The molecule has 2 aromatic carbocycles. The summed E-state index contributed by atoms with van der Waals surface area (Å²) >= 11 is 1.66. The van der Waals surface area contributed by atoms with Crippen LogP contribution in [0.3, 0.4) is 0 Å². The van der Waals surface area contributed by atoms with E-state index in [2.05, 4.69) is 12.6 Å². The van der Waals surface area contributed by atoms with Crippen molar-refractivity contribution in [1.29, 1.82) is 0 Å². The molecule has 0 saturated heterocycles. The lowest BCUT2D eigenvalue weighted by Gasteiger charge is -2.23. The molecule has 1 heterocycles. The topological polar surface area (TPSA) is 37.4 Å². The lowest BCUT2D eigenvalue weighted by Crippen LogP contribution is -2.22. The molecule has 5 heteroatoms. The minimum absolute atomic E-state index is 0.302. The van der Waals surface area contributed by atoms with E-state index in [9.17, 15) is 8.42 Å². The number of sulfonamides is 1. The Hall–Kier alpha value is -1.82. The van der Waals surface area contributed by atoms with Crippen LogP contribution in [0.1, 0.15) is 11.1 Å². The van der Waals surface area contributed by atoms with Gasteiger partial charge in [0.2, 0.25) is 10.0 Å². The standard InChI is InChI=1S/C18H17NO2S2/c1-4-7-14-15-8-5-6-9-17(15)22-18-11-10-13(12-16(14)18)23(20,21)19(2)3/h4-12H,1H2,2-3H3. The smallest absolute Gasteiger partial charge is 0.207 e. The van der Waals surface area contributed by atoms with Crippen LogP contribution in [0.25, 0.3) is 5.57 Å². The van der Waals surface area contributed by atoms with Crippen molar-refractivity contribution in [2.45, 2.75) is 14.7 Å². The summed E-state index contributed by atoms with van der Waals surface area (Å²) in [6.45, 7) is 3.79. The van der Waals surface area contributed by atoms with E-state index in [1.807, 2.05) is 30.3 Å². The molecule has 0 atom stereocenters. The molecule has 23 heavy (non-hydrogen) atoms. The fourth-order valence-corrected chi connectivity index (χ4v) is 4.53. The van der Waals surface area contributed by atoms with Crippen LogP contribution in [0.15, 0.2) is 75.9 Å². The highest BCUT2D eigenvalue weighted by molar-refractivity contribution is 7.99. The summed E-state index contributed by atoms with van der Waals surface area (Å²) < 4.78 is 26.0. The molecule has 0 aromatic heterocycles. The van der Waals surface area contributed by atoms with Crippen LogP contribution in [-0.4, -0.2) is 26.8 Å². The summed E-state index contributed by atoms with van der Waals surface area (Å²) in [5, 5.41) is 0. The van der Waals surface area contributed by atoms with Crippen molar-refractivity contribution >= 4 is 27.4 Å². The van der Waals surface area contributed by atoms with Crippen molar-refractivity contribution in [3.05, 3.63) is 72.3 Å². The third-order valence-electron chi connectivity index (χ3n) is 3.70. The Morgan fingerprint density at radius 1 is 1.04 bits per heavy atom. The number of allylic oxidation sites excluding steroid dienone is 2. The Bertz CT molecular complexity index is 912. The Kier molecular flexibility index (Phi) is 4.19. The largest absolute Gasteiger partial charge is 0.242 e. The number of hydrogen-bond acceptors (Lipinski definition) is 3. The fraction of sp³-hybridized carbons (Fsp3) is 0.111. The van der Waals surface area contributed by atoms with Gasteiger partial charge in [-0.15, -0.1) is 0 Å². The van der Waals surface area contributed by atoms with Crippen LogP contribution in [0, 0.1) is 0 Å². The average Bonchev–Trinajstić information content (AvgIpc) is 2.54. The van der Waals surface area contributed by atoms with Crippen molar-refractivity contribution in [1.82, 2.24) is 4.31 Å². The van der Waals surface area contributed by atoms with Gasteiger partial charge < -0.3 is 0 Å². The van der Waals surface area contributed by atoms with Crippen LogP contribution < -0.4 is 0 Å². The summed E-state index contributed by atoms with van der Waals surface area (Å²) in [7, 11) is -0.373. The van der Waals surface area contributed by atoms with Crippen LogP contribution in [0.5, 0.6) is 0 Å². The van der Waals surface area contributed by atoms with Crippen LogP contribution in [0.2, 0.25) is 0 Å². The maximum Gasteiger partial charge on any atom is 0.242 e. The second kappa shape index (κ2) is 6.00. The number of benzene rings is 2. The third kappa shape index (κ3) is 2.76. The minimum Gasteiger partial charge on any atom is -0.207 e. The van der Waals surface area contributed by atoms with Gasteiger partial charge in [0.1, 0.15) is 0 Å². The highest BCUT2D eigenvalue weighted by atomic mass is 32.2. The quantitative estimate of drug-likeness (QED) is 0.721. The van der Waals surface area contributed by atoms with E-state index in [1.54, 1.807) is 44.1 Å². The molecule has 1 aliphatic rings. The first kappa shape index (κ1) is 16.1. The molecule has 0 bridgehead atoms. The number of rotatable bonds is 3. The van der Waals surface area contributed by atoms with E-state index >= 15 is 0 Å². The second-order valence-electron chi connectivity index (χ2n) is 5.36. The van der Waals surface area contributed by atoms with Crippen LogP contribution >= 0.6 is 11.8 Å². The minimum atomic E-state index is -3.46. The Morgan fingerprint density at radius 3 is 2.43 bits per heavy atom. The molecule has 3 rings (SSSR count). The molecule has 0 N–H and O–H groups in total. The van der Waals surface area contributed by atoms with Gasteiger partial charge in [0.15, 0.2) is 0 Å². The predicted octanol–water partition coefficient (Wildman–Crippen LogP) is 4.02. The first-order chi connectivity index (χ1) is 10.9. The van der Waals surface area contributed by atoms with Crippen LogP contribution in [0.4, 0.5) is 0 Å². The Balaban J connectivity index is 2.23. The SMILES string of the molecule is C=CC=C1c2ccccc2Sc2ccc(S(=O)(=O)N(C)C)cc21. The Morgan fingerprint density at radius 2 is 1.74 bits per heavy atom. The van der Waals surface area contributed by atoms with Gasteiger partial charge >= 0.3 is 0 Å². The fourth-order valence-electron chi connectivity index (χ4n) is 2.52. The maximum atomic E-state index is 12.4. The molecular formula is C18H17NO2S2. The van der Waals surface area contributed by atoms with Gasteiger partial charge in [-0.3, -0.25) is 0 Å². The average molecular weight is 343 g/mol. The third-order valence-corrected chi connectivity index (χ3v) is 6.66. The molecule has 2 aromatic rings. The molecule has 3 nitrogen and oxygen atoms in total. The summed E-state index contributed by atoms with van der Waals surface area (Å²) in [6, 6.07) is 13.4. The van der Waals surface area contributed by atoms with E-state index in [4.69, 9.17) is 0 Å². The predicted molar refractivity (Wildman–Crippen MR) is 95.2 cm³/mol. The number of hydrogen-bond donors (Lipinski definition) is 0. The first-order valence-corrected chi connectivity index (χ1v) is 9.37. The monoisotopic (exact) mass is 343 g/mol. The van der Waals surface area contributed by atoms with Gasteiger partial charge in [0, 0.05) is 23.9 Å². The summed E-state index contributed by atoms with van der Waals surface area (Å²) in [5.74, 6) is 0. The highest BCUT2D eigenvalue weighted by Gasteiger charge is 2.24. The molecule has 0 unspecified atom stereocenters. The zero-order chi connectivity index (χ0) is 16.6. The zero-order valence-corrected chi connectivity index (χ0v) is 14.6. The van der Waals surface area contributed by atoms with Gasteiger partial charge in [0.25, 0.3) is 0 Å². The van der Waals surface area contributed by atoms with Crippen molar-refractivity contribution in [3.63, 3.8) is 0 Å². The number of nitrogens with zero attached hydrogens (tertiary/aromatic N) is 1. The Labute approximate surface area is 141 Å². The van der Waals surface area contributed by atoms with E-state index in [0.29, 0.717) is 4.90 Å². The number of fused-ring (bicyclic) bond motifs is 2. The van der Waals surface area contributed by atoms with Gasteiger partial charge in [-0.2, -0.15) is 0 Å². The van der Waals surface area contributed by atoms with Crippen LogP contribution in [-0.2, 0) is 10.0 Å². The zero-order valence-electron chi connectivity index (χ0n) is 13.0. The lowest BCUT2D eigenvalue weighted by molar-refractivity contribution is 0.520. The molecular weight excluding hydrogens is 326 g/mol. The summed E-state index contributed by atoms with van der Waals surface area (Å²) in [5.41, 5.74) is 3.03. The first-order valence-electron chi connectivity index (χ1n) is 7.12. The van der Waals surface area contributed by atoms with Gasteiger partial charge in [-0.1, -0.05) is 48.7 Å². The van der Waals surface area contributed by atoms with Gasteiger partial charge in [-0.05, 0) is 41.0 Å².